The van der Waals surface area contributed by atoms with Crippen LogP contribution in [0.2, 0.25) is 0 Å². The fourth-order valence-electron chi connectivity index (χ4n) is 1.99. The third kappa shape index (κ3) is 4.66. The molecule has 1 atom stereocenters. The zero-order valence-electron chi connectivity index (χ0n) is 12.5. The van der Waals surface area contributed by atoms with E-state index in [0.717, 1.165) is 5.56 Å². The highest BCUT2D eigenvalue weighted by Gasteiger charge is 2.20. The number of hydrogen-bond donors (Lipinski definition) is 1. The Morgan fingerprint density at radius 2 is 1.95 bits per heavy atom. The molecule has 1 rings (SSSR count). The minimum atomic E-state index is -1.14. The van der Waals surface area contributed by atoms with Crippen molar-refractivity contribution in [3.63, 3.8) is 0 Å². The molecule has 0 spiro atoms. The molecular weight excluding hydrogens is 236 g/mol. The van der Waals surface area contributed by atoms with E-state index >= 15 is 0 Å². The molecule has 0 amide bonds. The first kappa shape index (κ1) is 15.7. The molecule has 0 aliphatic carbocycles. The third-order valence-corrected chi connectivity index (χ3v) is 3.14. The zero-order valence-corrected chi connectivity index (χ0v) is 12.5. The molecular formula is C16H24N2O. The van der Waals surface area contributed by atoms with Crippen LogP contribution in [0.25, 0.3) is 0 Å². The molecule has 104 valence electrons. The summed E-state index contributed by atoms with van der Waals surface area (Å²) in [7, 11) is 0. The molecule has 1 N–H and O–H groups in total. The fourth-order valence-corrected chi connectivity index (χ4v) is 1.99. The normalized spacial score (nSPS) is 14.4. The molecule has 0 fully saturated rings. The van der Waals surface area contributed by atoms with Crippen LogP contribution in [0.5, 0.6) is 0 Å². The first-order valence-electron chi connectivity index (χ1n) is 6.73. The molecule has 1 heterocycles. The van der Waals surface area contributed by atoms with Gasteiger partial charge in [-0.15, -0.1) is 0 Å². The lowest BCUT2D eigenvalue weighted by molar-refractivity contribution is 0.121. The Kier molecular flexibility index (Phi) is 5.53. The summed E-state index contributed by atoms with van der Waals surface area (Å²) in [5.74, 6) is 6.02. The molecule has 3 nitrogen and oxygen atoms in total. The van der Waals surface area contributed by atoms with E-state index in [-0.39, 0.29) is 0 Å². The number of aromatic nitrogens is 1. The summed E-state index contributed by atoms with van der Waals surface area (Å²) in [5, 5.41) is 10.3. The van der Waals surface area contributed by atoms with Gasteiger partial charge in [0, 0.05) is 30.0 Å². The van der Waals surface area contributed by atoms with Crippen LogP contribution in [0.4, 0.5) is 0 Å². The van der Waals surface area contributed by atoms with Gasteiger partial charge in [-0.05, 0) is 40.7 Å². The van der Waals surface area contributed by atoms with Gasteiger partial charge in [-0.25, -0.2) is 0 Å². The predicted octanol–water partition coefficient (Wildman–Crippen LogP) is 2.41. The van der Waals surface area contributed by atoms with Crippen LogP contribution in [-0.2, 0) is 5.60 Å². The maximum atomic E-state index is 10.3. The van der Waals surface area contributed by atoms with Crippen molar-refractivity contribution >= 4 is 0 Å². The van der Waals surface area contributed by atoms with E-state index in [1.54, 1.807) is 25.4 Å². The van der Waals surface area contributed by atoms with Crippen molar-refractivity contribution < 1.29 is 5.11 Å². The molecule has 0 aromatic carbocycles. The van der Waals surface area contributed by atoms with Gasteiger partial charge in [-0.1, -0.05) is 17.9 Å². The van der Waals surface area contributed by atoms with Crippen LogP contribution in [0.3, 0.4) is 0 Å². The number of hydrogen-bond acceptors (Lipinski definition) is 3. The first-order chi connectivity index (χ1) is 8.84. The molecule has 19 heavy (non-hydrogen) atoms. The van der Waals surface area contributed by atoms with Gasteiger partial charge in [0.05, 0.1) is 6.54 Å². The number of rotatable bonds is 4. The van der Waals surface area contributed by atoms with Gasteiger partial charge in [0.15, 0.2) is 0 Å². The Morgan fingerprint density at radius 1 is 1.32 bits per heavy atom. The van der Waals surface area contributed by atoms with Gasteiger partial charge in [-0.2, -0.15) is 0 Å². The second-order valence-corrected chi connectivity index (χ2v) is 5.48. The van der Waals surface area contributed by atoms with E-state index in [0.29, 0.717) is 18.6 Å². The second kappa shape index (κ2) is 6.70. The van der Waals surface area contributed by atoms with Crippen LogP contribution in [0, 0.1) is 11.8 Å². The first-order valence-corrected chi connectivity index (χ1v) is 6.73. The zero-order chi connectivity index (χ0) is 14.5. The Bertz CT molecular complexity index is 433. The summed E-state index contributed by atoms with van der Waals surface area (Å²) in [6.45, 7) is 11.0. The lowest BCUT2D eigenvalue weighted by atomic mass is 9.99. The van der Waals surface area contributed by atoms with Gasteiger partial charge in [0.2, 0.25) is 0 Å². The molecule has 0 saturated carbocycles. The molecule has 0 aliphatic heterocycles. The Hall–Kier alpha value is -1.37. The Balaban J connectivity index is 2.77. The van der Waals surface area contributed by atoms with Gasteiger partial charge < -0.3 is 5.11 Å². The van der Waals surface area contributed by atoms with E-state index in [4.69, 9.17) is 0 Å². The van der Waals surface area contributed by atoms with Crippen LogP contribution in [0.15, 0.2) is 24.5 Å². The average Bonchev–Trinajstić information content (AvgIpc) is 2.34. The van der Waals surface area contributed by atoms with Crippen molar-refractivity contribution in [1.29, 1.82) is 0 Å². The van der Waals surface area contributed by atoms with Gasteiger partial charge in [0.1, 0.15) is 5.60 Å². The molecule has 1 aromatic rings. The minimum absolute atomic E-state index is 0.442. The smallest absolute Gasteiger partial charge is 0.149 e. The summed E-state index contributed by atoms with van der Waals surface area (Å²) in [6.07, 6.45) is 3.34. The van der Waals surface area contributed by atoms with E-state index < -0.39 is 5.60 Å². The van der Waals surface area contributed by atoms with Crippen LogP contribution >= 0.6 is 0 Å². The Morgan fingerprint density at radius 3 is 2.42 bits per heavy atom. The molecule has 0 unspecified atom stereocenters. The van der Waals surface area contributed by atoms with Crippen LogP contribution < -0.4 is 0 Å². The van der Waals surface area contributed by atoms with Gasteiger partial charge >= 0.3 is 0 Å². The summed E-state index contributed by atoms with van der Waals surface area (Å²) in [6, 6.07) is 4.53. The average molecular weight is 260 g/mol. The van der Waals surface area contributed by atoms with Crippen molar-refractivity contribution in [3.8, 4) is 11.8 Å². The monoisotopic (exact) mass is 260 g/mol. The lowest BCUT2D eigenvalue weighted by Gasteiger charge is -2.28. The molecule has 0 bridgehead atoms. The van der Waals surface area contributed by atoms with Crippen molar-refractivity contribution in [2.24, 2.45) is 0 Å². The SMILES string of the molecule is CC(C)N(CC#C[C@@](C)(O)c1cccnc1)C(C)C. The lowest BCUT2D eigenvalue weighted by Crippen LogP contribution is -2.37. The fraction of sp³-hybridized carbons (Fsp3) is 0.562. The quantitative estimate of drug-likeness (QED) is 0.845. The molecule has 3 heteroatoms. The topological polar surface area (TPSA) is 36.4 Å². The summed E-state index contributed by atoms with van der Waals surface area (Å²) < 4.78 is 0. The van der Waals surface area contributed by atoms with E-state index in [1.807, 2.05) is 6.07 Å². The summed E-state index contributed by atoms with van der Waals surface area (Å²) in [4.78, 5) is 6.30. The summed E-state index contributed by atoms with van der Waals surface area (Å²) >= 11 is 0. The number of aliphatic hydroxyl groups is 1. The third-order valence-electron chi connectivity index (χ3n) is 3.14. The second-order valence-electron chi connectivity index (χ2n) is 5.48. The van der Waals surface area contributed by atoms with Crippen molar-refractivity contribution in [3.05, 3.63) is 30.1 Å². The largest absolute Gasteiger partial charge is 0.374 e. The van der Waals surface area contributed by atoms with Gasteiger partial charge in [0.25, 0.3) is 0 Å². The number of pyridine rings is 1. The minimum Gasteiger partial charge on any atom is -0.374 e. The number of nitrogens with zero attached hydrogens (tertiary/aromatic N) is 2. The molecule has 0 saturated heterocycles. The highest BCUT2D eigenvalue weighted by atomic mass is 16.3. The van der Waals surface area contributed by atoms with Gasteiger partial charge in [-0.3, -0.25) is 9.88 Å². The van der Waals surface area contributed by atoms with Crippen molar-refractivity contribution in [2.45, 2.75) is 52.3 Å². The van der Waals surface area contributed by atoms with Crippen LogP contribution in [0.1, 0.15) is 40.2 Å². The molecule has 1 aromatic heterocycles. The maximum Gasteiger partial charge on any atom is 0.149 e. The van der Waals surface area contributed by atoms with Crippen molar-refractivity contribution in [1.82, 2.24) is 9.88 Å². The molecule has 0 aliphatic rings. The van der Waals surface area contributed by atoms with Crippen LogP contribution in [-0.4, -0.2) is 33.6 Å². The van der Waals surface area contributed by atoms with E-state index in [2.05, 4.69) is 49.4 Å². The van der Waals surface area contributed by atoms with E-state index in [9.17, 15) is 5.11 Å². The van der Waals surface area contributed by atoms with E-state index in [1.165, 1.54) is 0 Å². The maximum absolute atomic E-state index is 10.3. The highest BCUT2D eigenvalue weighted by molar-refractivity contribution is 5.28. The highest BCUT2D eigenvalue weighted by Crippen LogP contribution is 2.17. The predicted molar refractivity (Wildman–Crippen MR) is 78.6 cm³/mol. The molecule has 0 radical (unpaired) electrons. The standard InChI is InChI=1S/C16H24N2O/c1-13(2)18(14(3)4)11-7-9-16(5,19)15-8-6-10-17-12-15/h6,8,10,12-14,19H,11H2,1-5H3/t16-/m1/s1. The Labute approximate surface area is 116 Å². The summed E-state index contributed by atoms with van der Waals surface area (Å²) in [5.41, 5.74) is -0.420. The van der Waals surface area contributed by atoms with Crippen molar-refractivity contribution in [2.75, 3.05) is 6.54 Å².